The first-order valence-electron chi connectivity index (χ1n) is 41.3. The molecule has 34 nitrogen and oxygen atoms in total. The van der Waals surface area contributed by atoms with Crippen LogP contribution in [-0.2, 0) is 80.7 Å². The molecule has 0 radical (unpaired) electrons. The zero-order valence-electron chi connectivity index (χ0n) is 69.0. The van der Waals surface area contributed by atoms with Gasteiger partial charge in [-0.2, -0.15) is 0 Å². The monoisotopic (exact) mass is 1670 g/mol. The third-order valence-corrected chi connectivity index (χ3v) is 28.6. The molecule has 6 aliphatic heterocycles. The number of aliphatic hydroxyl groups excluding tert-OH is 15. The van der Waals surface area contributed by atoms with Crippen molar-refractivity contribution in [2.45, 2.75) is 356 Å². The number of ether oxygens (including phenoxy) is 14. The van der Waals surface area contributed by atoms with E-state index in [9.17, 15) is 96.4 Å². The van der Waals surface area contributed by atoms with Gasteiger partial charge in [0.05, 0.1) is 74.2 Å². The predicted octanol–water partition coefficient (Wildman–Crippen LogP) is -0.0424. The van der Waals surface area contributed by atoms with Crippen LogP contribution in [0.4, 0.5) is 0 Å². The largest absolute Gasteiger partial charge is 0.452 e. The van der Waals surface area contributed by atoms with Crippen molar-refractivity contribution < 1.29 is 168 Å². The minimum absolute atomic E-state index is 0.0184. The third kappa shape index (κ3) is 18.4. The van der Waals surface area contributed by atoms with E-state index in [1.165, 1.54) is 58.9 Å². The van der Waals surface area contributed by atoms with Crippen LogP contribution >= 0.6 is 0 Å². The minimum Gasteiger partial charge on any atom is -0.452 e. The second-order valence-corrected chi connectivity index (χ2v) is 37.4. The second-order valence-electron chi connectivity index (χ2n) is 37.4. The van der Waals surface area contributed by atoms with Crippen molar-refractivity contribution in [2.75, 3.05) is 33.0 Å². The lowest BCUT2D eigenvalue weighted by molar-refractivity contribution is -0.381. The van der Waals surface area contributed by atoms with Crippen molar-refractivity contribution in [3.05, 3.63) is 60.3 Å². The molecule has 5 aliphatic carbocycles. The summed E-state index contributed by atoms with van der Waals surface area (Å²) in [5.74, 6) is -3.77. The van der Waals surface area contributed by atoms with Crippen LogP contribution in [0, 0.1) is 50.2 Å². The SMILES string of the molecule is C=C[C@@](C)(O)CC/C=C(\C)C(=O)O[C@H]1[C@H](OC[C@H]2O[C@@H](OC(=O)[C@]34CCC(C)(C)C[C@H]3C3=CC[C@@H]5[C@@]6(C)CC[C@H](O[C@@H]7OC[C@@H](O)[C@H](O)[C@H]7O)C(C)(C)[C@@H]6CC[C@@]5(C)[C@]3(C)C[C@H]4O)[C@H](O[C@@H]3O[C@@H](C)[C@H](O[C@@H]4OC[C@@H](O)[C@H](O[C@@H]5OC[C@@H](O)[C@H](O)[C@H]5O)[C@H]4O)[C@@H](O)[C@H]3O)[C@@H](O)[C@@H]2O)O[C@@H](C)[C@H](O)[C@H]1OC(=O)/C(=C/CC[C@](C)(O)C=C)CO. The molecule has 666 valence electrons. The van der Waals surface area contributed by atoms with Gasteiger partial charge in [0, 0.05) is 5.57 Å². The van der Waals surface area contributed by atoms with E-state index in [4.69, 9.17) is 66.3 Å². The highest BCUT2D eigenvalue weighted by Gasteiger charge is 2.73. The van der Waals surface area contributed by atoms with Crippen molar-refractivity contribution in [3.8, 4) is 0 Å². The van der Waals surface area contributed by atoms with E-state index in [0.717, 1.165) is 18.4 Å². The molecular formula is C83H130O34. The van der Waals surface area contributed by atoms with Gasteiger partial charge in [-0.1, -0.05) is 84.4 Å². The fourth-order valence-electron chi connectivity index (χ4n) is 20.8. The molecule has 117 heavy (non-hydrogen) atoms. The van der Waals surface area contributed by atoms with Crippen LogP contribution in [0.15, 0.2) is 60.3 Å². The number of carbonyl (C=O) groups excluding carboxylic acids is 3. The van der Waals surface area contributed by atoms with Gasteiger partial charge in [-0.3, -0.25) is 4.79 Å². The predicted molar refractivity (Wildman–Crippen MR) is 405 cm³/mol. The molecule has 0 aromatic rings. The highest BCUT2D eigenvalue weighted by atomic mass is 16.8. The molecule has 34 heteroatoms. The first kappa shape index (κ1) is 93.7. The Balaban J connectivity index is 0.895. The lowest BCUT2D eigenvalue weighted by Crippen LogP contribution is -2.68. The van der Waals surface area contributed by atoms with E-state index in [1.54, 1.807) is 0 Å². The van der Waals surface area contributed by atoms with Crippen molar-refractivity contribution in [1.82, 2.24) is 0 Å². The Labute approximate surface area is 682 Å². The molecule has 0 aromatic carbocycles. The van der Waals surface area contributed by atoms with Gasteiger partial charge in [0.1, 0.15) is 103 Å². The van der Waals surface area contributed by atoms with Crippen LogP contribution in [0.2, 0.25) is 0 Å². The van der Waals surface area contributed by atoms with E-state index >= 15 is 4.79 Å². The molecule has 0 bridgehead atoms. The summed E-state index contributed by atoms with van der Waals surface area (Å²) in [6.07, 6.45) is -36.7. The third-order valence-electron chi connectivity index (χ3n) is 28.6. The molecule has 17 N–H and O–H groups in total. The zero-order valence-corrected chi connectivity index (χ0v) is 69.0. The van der Waals surface area contributed by atoms with Crippen LogP contribution in [0.25, 0.3) is 0 Å². The molecular weight excluding hydrogens is 1540 g/mol. The number of hydrogen-bond acceptors (Lipinski definition) is 34. The fourth-order valence-corrected chi connectivity index (χ4v) is 20.8. The first-order chi connectivity index (χ1) is 54.7. The van der Waals surface area contributed by atoms with Gasteiger partial charge >= 0.3 is 17.9 Å². The number of carbonyl (C=O) groups is 3. The summed E-state index contributed by atoms with van der Waals surface area (Å²) in [4.78, 5) is 44.7. The van der Waals surface area contributed by atoms with E-state index < -0.39 is 261 Å². The summed E-state index contributed by atoms with van der Waals surface area (Å²) in [5, 5.41) is 192. The smallest absolute Gasteiger partial charge is 0.336 e. The quantitative estimate of drug-likeness (QED) is 0.0178. The number of fused-ring (bicyclic) bond motifs is 7. The molecule has 6 heterocycles. The number of hydrogen-bond donors (Lipinski definition) is 17. The van der Waals surface area contributed by atoms with E-state index in [-0.39, 0.29) is 79.6 Å². The number of aliphatic hydroxyl groups is 17. The van der Waals surface area contributed by atoms with Crippen molar-refractivity contribution >= 4 is 17.9 Å². The Bertz CT molecular complexity index is 3550. The van der Waals surface area contributed by atoms with E-state index in [1.807, 2.05) is 0 Å². The summed E-state index contributed by atoms with van der Waals surface area (Å²) < 4.78 is 85.3. The van der Waals surface area contributed by atoms with Gasteiger partial charge < -0.3 is 153 Å². The summed E-state index contributed by atoms with van der Waals surface area (Å²) in [6.45, 7) is 26.7. The van der Waals surface area contributed by atoms with E-state index in [0.29, 0.717) is 32.1 Å². The maximum atomic E-state index is 16.4. The first-order valence-corrected chi connectivity index (χ1v) is 41.3. The van der Waals surface area contributed by atoms with Crippen molar-refractivity contribution in [2.24, 2.45) is 50.2 Å². The molecule has 6 saturated heterocycles. The van der Waals surface area contributed by atoms with Gasteiger partial charge in [0.2, 0.25) is 6.29 Å². The van der Waals surface area contributed by atoms with Crippen LogP contribution < -0.4 is 0 Å². The highest BCUT2D eigenvalue weighted by Crippen LogP contribution is 2.76. The molecule has 11 rings (SSSR count). The summed E-state index contributed by atoms with van der Waals surface area (Å²) >= 11 is 0. The normalized spacial score (nSPS) is 47.2. The van der Waals surface area contributed by atoms with Gasteiger partial charge in [-0.05, 0) is 163 Å². The minimum atomic E-state index is -2.23. The Morgan fingerprint density at radius 3 is 1.70 bits per heavy atom. The maximum absolute atomic E-state index is 16.4. The number of allylic oxidation sites excluding steroid dienone is 4. The second kappa shape index (κ2) is 36.3. The molecule has 0 amide bonds. The molecule has 0 unspecified atom stereocenters. The Morgan fingerprint density at radius 2 is 1.09 bits per heavy atom. The summed E-state index contributed by atoms with van der Waals surface area (Å²) in [6, 6.07) is 0. The van der Waals surface area contributed by atoms with Crippen LogP contribution in [0.3, 0.4) is 0 Å². The summed E-state index contributed by atoms with van der Waals surface area (Å²) in [7, 11) is 0. The maximum Gasteiger partial charge on any atom is 0.336 e. The number of esters is 3. The van der Waals surface area contributed by atoms with E-state index in [2.05, 4.69) is 67.7 Å². The van der Waals surface area contributed by atoms with Gasteiger partial charge in [-0.25, -0.2) is 9.59 Å². The molecule has 11 aliphatic rings. The van der Waals surface area contributed by atoms with Gasteiger partial charge in [0.25, 0.3) is 0 Å². The zero-order chi connectivity index (χ0) is 86.1. The molecule has 38 atom stereocenters. The fraction of sp³-hybridized carbons (Fsp3) is 0.843. The summed E-state index contributed by atoms with van der Waals surface area (Å²) in [5.41, 5.74) is -6.20. The van der Waals surface area contributed by atoms with Crippen molar-refractivity contribution in [1.29, 1.82) is 0 Å². The van der Waals surface area contributed by atoms with Gasteiger partial charge in [0.15, 0.2) is 49.8 Å². The lowest BCUT2D eigenvalue weighted by atomic mass is 9.33. The molecule has 0 aromatic heterocycles. The lowest BCUT2D eigenvalue weighted by Gasteiger charge is -2.71. The van der Waals surface area contributed by atoms with Crippen LogP contribution in [0.5, 0.6) is 0 Å². The topological polar surface area (TPSA) is 524 Å². The highest BCUT2D eigenvalue weighted by molar-refractivity contribution is 5.89. The number of rotatable bonds is 26. The Morgan fingerprint density at radius 1 is 0.538 bits per heavy atom. The molecule has 4 saturated carbocycles. The van der Waals surface area contributed by atoms with Crippen LogP contribution in [0.1, 0.15) is 167 Å². The molecule has 0 spiro atoms. The molecule has 10 fully saturated rings. The Kier molecular flexibility index (Phi) is 29.1. The van der Waals surface area contributed by atoms with Gasteiger partial charge in [-0.15, -0.1) is 13.2 Å². The van der Waals surface area contributed by atoms with Crippen LogP contribution in [-0.4, -0.2) is 327 Å². The average Bonchev–Trinajstić information content (AvgIpc) is 0.669. The average molecular weight is 1670 g/mol. The standard InChI is InChI=1S/C83H130O34/c1-15-78(10,102)25-17-19-38(3)67(99)113-66-64(112-68(100)41(33-84)20-18-26-79(11,103)16-2)52(89)39(4)108-73(66)107-37-47-55(92)56(93)65(116-72-60(97)57(94)62(40(5)109-72)114-71-61(98)63(46(87)36-106-71)115-70-59(96)54(91)45(86)35-105-70)74(110-47)117-75(101)83-30-29-76(6,7)31-43(83)42-21-22-49-80(12)27-24-51(111-69-58(95)53(90)44(85)34-104-69)77(8,9)48(80)23-28-81(49,13)82(42,14)32-50(83)88/h15-16,19-21,39-40,43-66,69-74,84-98,102-103H,1-2,17-18,22-37H2,3-14H3/b38-19+,41-20+/t39-,40-,43-,44+,45+,46+,47+,48-,49+,50+,51-,52-,53-,54-,55+,56-,57-,58+,59+,60+,61+,62-,63-,64+,65+,66+,69-,70-,71-,72-,73+,74-,78+,79+,80-,81+,82+,83+/m0/s1. The Hall–Kier alpha value is -4.01. The van der Waals surface area contributed by atoms with Crippen molar-refractivity contribution in [3.63, 3.8) is 0 Å².